The van der Waals surface area contributed by atoms with Crippen molar-refractivity contribution in [3.05, 3.63) is 28.3 Å². The van der Waals surface area contributed by atoms with E-state index in [4.69, 9.17) is 5.73 Å². The summed E-state index contributed by atoms with van der Waals surface area (Å²) >= 11 is 0. The van der Waals surface area contributed by atoms with Crippen LogP contribution in [0.25, 0.3) is 0 Å². The van der Waals surface area contributed by atoms with Gasteiger partial charge >= 0.3 is 0 Å². The summed E-state index contributed by atoms with van der Waals surface area (Å²) in [7, 11) is 5.85. The third-order valence-corrected chi connectivity index (χ3v) is 2.46. The van der Waals surface area contributed by atoms with Gasteiger partial charge in [-0.1, -0.05) is 0 Å². The van der Waals surface area contributed by atoms with Gasteiger partial charge in [0, 0.05) is 43.6 Å². The Balaban J connectivity index is 2.86. The summed E-state index contributed by atoms with van der Waals surface area (Å²) in [6.07, 6.45) is 0. The molecule has 1 rings (SSSR count). The molecule has 0 unspecified atom stereocenters. The molecule has 0 aliphatic carbocycles. The molecular formula is C11H18N4O2. The number of non-ortho nitro benzene ring substituents is 1. The third-order valence-electron chi connectivity index (χ3n) is 2.46. The second kappa shape index (κ2) is 5.49. The number of anilines is 2. The summed E-state index contributed by atoms with van der Waals surface area (Å²) in [5, 5.41) is 10.7. The first-order valence-corrected chi connectivity index (χ1v) is 5.31. The molecule has 0 aliphatic rings. The zero-order valence-corrected chi connectivity index (χ0v) is 10.4. The zero-order chi connectivity index (χ0) is 13.0. The molecule has 2 N–H and O–H groups in total. The van der Waals surface area contributed by atoms with Crippen LogP contribution in [0.2, 0.25) is 0 Å². The van der Waals surface area contributed by atoms with E-state index in [1.165, 1.54) is 12.1 Å². The van der Waals surface area contributed by atoms with Crippen LogP contribution in [-0.2, 0) is 0 Å². The van der Waals surface area contributed by atoms with E-state index < -0.39 is 4.92 Å². The number of benzene rings is 1. The van der Waals surface area contributed by atoms with Gasteiger partial charge in [0.1, 0.15) is 0 Å². The lowest BCUT2D eigenvalue weighted by molar-refractivity contribution is -0.384. The molecule has 0 radical (unpaired) electrons. The summed E-state index contributed by atoms with van der Waals surface area (Å²) in [6, 6.07) is 4.64. The van der Waals surface area contributed by atoms with Gasteiger partial charge in [-0.25, -0.2) is 0 Å². The fourth-order valence-corrected chi connectivity index (χ4v) is 1.42. The summed E-state index contributed by atoms with van der Waals surface area (Å²) in [5.41, 5.74) is 6.84. The van der Waals surface area contributed by atoms with Gasteiger partial charge in [0.05, 0.1) is 4.92 Å². The number of nitro benzene ring substituents is 1. The normalized spacial score (nSPS) is 10.6. The van der Waals surface area contributed by atoms with E-state index in [0.29, 0.717) is 5.69 Å². The van der Waals surface area contributed by atoms with Crippen LogP contribution in [0.3, 0.4) is 0 Å². The zero-order valence-electron chi connectivity index (χ0n) is 10.4. The summed E-state index contributed by atoms with van der Waals surface area (Å²) in [5.74, 6) is 0. The monoisotopic (exact) mass is 238 g/mol. The van der Waals surface area contributed by atoms with Crippen molar-refractivity contribution in [1.29, 1.82) is 0 Å². The number of rotatable bonds is 5. The van der Waals surface area contributed by atoms with Crippen molar-refractivity contribution in [3.63, 3.8) is 0 Å². The van der Waals surface area contributed by atoms with Crippen molar-refractivity contribution < 1.29 is 4.92 Å². The lowest BCUT2D eigenvalue weighted by Gasteiger charge is -2.21. The lowest BCUT2D eigenvalue weighted by Crippen LogP contribution is -2.28. The molecule has 0 spiro atoms. The van der Waals surface area contributed by atoms with Crippen molar-refractivity contribution in [2.75, 3.05) is 44.9 Å². The Kier molecular flexibility index (Phi) is 4.28. The van der Waals surface area contributed by atoms with Gasteiger partial charge in [-0.05, 0) is 20.2 Å². The number of nitrogen functional groups attached to an aromatic ring is 1. The molecule has 0 saturated carbocycles. The fourth-order valence-electron chi connectivity index (χ4n) is 1.42. The second-order valence-corrected chi connectivity index (χ2v) is 4.26. The highest BCUT2D eigenvalue weighted by atomic mass is 16.6. The van der Waals surface area contributed by atoms with Crippen LogP contribution in [0.15, 0.2) is 18.2 Å². The van der Waals surface area contributed by atoms with Gasteiger partial charge in [0.25, 0.3) is 5.69 Å². The molecule has 17 heavy (non-hydrogen) atoms. The summed E-state index contributed by atoms with van der Waals surface area (Å²) in [6.45, 7) is 1.66. The standard InChI is InChI=1S/C11H18N4O2/c1-13(2)4-5-14(3)10-6-9(12)7-11(8-10)15(16)17/h6-8H,4-5,12H2,1-3H3. The maximum absolute atomic E-state index is 10.7. The molecule has 1 aromatic rings. The van der Waals surface area contributed by atoms with Gasteiger partial charge in [-0.15, -0.1) is 0 Å². The Labute approximate surface area is 101 Å². The van der Waals surface area contributed by atoms with E-state index in [-0.39, 0.29) is 5.69 Å². The number of nitro groups is 1. The minimum Gasteiger partial charge on any atom is -0.398 e. The Morgan fingerprint density at radius 1 is 1.24 bits per heavy atom. The second-order valence-electron chi connectivity index (χ2n) is 4.26. The molecule has 6 nitrogen and oxygen atoms in total. The van der Waals surface area contributed by atoms with Crippen molar-refractivity contribution in [2.24, 2.45) is 0 Å². The molecule has 1 aromatic carbocycles. The topological polar surface area (TPSA) is 75.6 Å². The Bertz CT molecular complexity index is 406. The van der Waals surface area contributed by atoms with Crippen LogP contribution in [0.1, 0.15) is 0 Å². The first kappa shape index (κ1) is 13.2. The highest BCUT2D eigenvalue weighted by molar-refractivity contribution is 5.62. The minimum absolute atomic E-state index is 0.0247. The fraction of sp³-hybridized carbons (Fsp3) is 0.455. The SMILES string of the molecule is CN(C)CCN(C)c1cc(N)cc([N+](=O)[O-])c1. The molecule has 0 bridgehead atoms. The number of nitrogens with zero attached hydrogens (tertiary/aromatic N) is 3. The number of nitrogens with two attached hydrogens (primary N) is 1. The largest absolute Gasteiger partial charge is 0.398 e. The van der Waals surface area contributed by atoms with Crippen LogP contribution >= 0.6 is 0 Å². The Hall–Kier alpha value is -1.82. The average molecular weight is 238 g/mol. The molecule has 6 heteroatoms. The van der Waals surface area contributed by atoms with Gasteiger partial charge in [-0.3, -0.25) is 10.1 Å². The predicted octanol–water partition coefficient (Wildman–Crippen LogP) is 1.17. The molecule has 0 fully saturated rings. The first-order chi connectivity index (χ1) is 7.90. The quantitative estimate of drug-likeness (QED) is 0.473. The highest BCUT2D eigenvalue weighted by Gasteiger charge is 2.11. The van der Waals surface area contributed by atoms with Crippen molar-refractivity contribution in [2.45, 2.75) is 0 Å². The van der Waals surface area contributed by atoms with Crippen LogP contribution in [-0.4, -0.2) is 44.1 Å². The van der Waals surface area contributed by atoms with Crippen molar-refractivity contribution in [1.82, 2.24) is 4.90 Å². The predicted molar refractivity (Wildman–Crippen MR) is 69.3 cm³/mol. The van der Waals surface area contributed by atoms with E-state index >= 15 is 0 Å². The maximum Gasteiger partial charge on any atom is 0.273 e. The van der Waals surface area contributed by atoms with E-state index in [2.05, 4.69) is 4.90 Å². The van der Waals surface area contributed by atoms with Gasteiger partial charge in [-0.2, -0.15) is 0 Å². The molecular weight excluding hydrogens is 220 g/mol. The van der Waals surface area contributed by atoms with Crippen LogP contribution < -0.4 is 10.6 Å². The van der Waals surface area contributed by atoms with E-state index in [0.717, 1.165) is 18.8 Å². The van der Waals surface area contributed by atoms with E-state index in [1.807, 2.05) is 26.0 Å². The third kappa shape index (κ3) is 3.92. The van der Waals surface area contributed by atoms with Crippen LogP contribution in [0.4, 0.5) is 17.1 Å². The molecule has 0 aromatic heterocycles. The summed E-state index contributed by atoms with van der Waals surface area (Å²) < 4.78 is 0. The minimum atomic E-state index is -0.431. The Morgan fingerprint density at radius 2 is 1.88 bits per heavy atom. The number of hydrogen-bond donors (Lipinski definition) is 1. The molecule has 0 atom stereocenters. The van der Waals surface area contributed by atoms with Gasteiger partial charge in [0.15, 0.2) is 0 Å². The first-order valence-electron chi connectivity index (χ1n) is 5.31. The van der Waals surface area contributed by atoms with Crippen molar-refractivity contribution >= 4 is 17.1 Å². The molecule has 0 heterocycles. The number of hydrogen-bond acceptors (Lipinski definition) is 5. The number of likely N-dealkylation sites (N-methyl/N-ethyl adjacent to an activating group) is 2. The molecule has 94 valence electrons. The summed E-state index contributed by atoms with van der Waals surface area (Å²) in [4.78, 5) is 14.3. The van der Waals surface area contributed by atoms with Crippen molar-refractivity contribution in [3.8, 4) is 0 Å². The molecule has 0 saturated heterocycles. The maximum atomic E-state index is 10.7. The van der Waals surface area contributed by atoms with Crippen LogP contribution in [0, 0.1) is 10.1 Å². The smallest absolute Gasteiger partial charge is 0.273 e. The molecule has 0 aliphatic heterocycles. The van der Waals surface area contributed by atoms with Gasteiger partial charge < -0.3 is 15.5 Å². The lowest BCUT2D eigenvalue weighted by atomic mass is 10.2. The Morgan fingerprint density at radius 3 is 2.41 bits per heavy atom. The van der Waals surface area contributed by atoms with E-state index in [9.17, 15) is 10.1 Å². The molecule has 0 amide bonds. The van der Waals surface area contributed by atoms with E-state index in [1.54, 1.807) is 6.07 Å². The highest BCUT2D eigenvalue weighted by Crippen LogP contribution is 2.24. The average Bonchev–Trinajstić information content (AvgIpc) is 2.24. The van der Waals surface area contributed by atoms with Crippen LogP contribution in [0.5, 0.6) is 0 Å². The van der Waals surface area contributed by atoms with Gasteiger partial charge in [0.2, 0.25) is 0 Å².